The predicted molar refractivity (Wildman–Crippen MR) is 64.8 cm³/mol. The van der Waals surface area contributed by atoms with Crippen LogP contribution in [0.4, 0.5) is 0 Å². The lowest BCUT2D eigenvalue weighted by atomic mass is 10.3. The summed E-state index contributed by atoms with van der Waals surface area (Å²) in [6.07, 6.45) is 0. The van der Waals surface area contributed by atoms with E-state index in [0.717, 1.165) is 3.57 Å². The molecule has 0 saturated heterocycles. The number of rotatable bonds is 5. The van der Waals surface area contributed by atoms with Crippen LogP contribution < -0.4 is 14.2 Å². The number of methoxy groups -OCH3 is 3. The van der Waals surface area contributed by atoms with E-state index >= 15 is 0 Å². The summed E-state index contributed by atoms with van der Waals surface area (Å²) >= 11 is 2.17. The third-order valence-corrected chi connectivity index (χ3v) is 2.62. The second kappa shape index (κ2) is 6.02. The summed E-state index contributed by atoms with van der Waals surface area (Å²) < 4.78 is 21.6. The third kappa shape index (κ3) is 2.88. The highest BCUT2D eigenvalue weighted by Gasteiger charge is 2.14. The van der Waals surface area contributed by atoms with Gasteiger partial charge in [-0.05, 0) is 34.7 Å². The van der Waals surface area contributed by atoms with Crippen molar-refractivity contribution in [2.75, 3.05) is 28.1 Å². The van der Waals surface area contributed by atoms with E-state index in [4.69, 9.17) is 18.9 Å². The van der Waals surface area contributed by atoms with Gasteiger partial charge < -0.3 is 18.9 Å². The SMILES string of the molecule is COCOc1c(I)ccc(OC)c1OC. The minimum absolute atomic E-state index is 0.180. The molecule has 0 aromatic heterocycles. The summed E-state index contributed by atoms with van der Waals surface area (Å²) in [5, 5.41) is 0. The van der Waals surface area contributed by atoms with Gasteiger partial charge in [-0.1, -0.05) is 0 Å². The molecule has 15 heavy (non-hydrogen) atoms. The molecule has 0 unspecified atom stereocenters. The van der Waals surface area contributed by atoms with Gasteiger partial charge in [-0.15, -0.1) is 0 Å². The molecule has 4 nitrogen and oxygen atoms in total. The fraction of sp³-hybridized carbons (Fsp3) is 0.400. The van der Waals surface area contributed by atoms with Crippen molar-refractivity contribution in [1.82, 2.24) is 0 Å². The zero-order valence-corrected chi connectivity index (χ0v) is 11.0. The van der Waals surface area contributed by atoms with Gasteiger partial charge in [0.1, 0.15) is 0 Å². The first kappa shape index (κ1) is 12.4. The van der Waals surface area contributed by atoms with Crippen molar-refractivity contribution in [2.24, 2.45) is 0 Å². The lowest BCUT2D eigenvalue weighted by Gasteiger charge is -2.14. The van der Waals surface area contributed by atoms with Gasteiger partial charge in [-0.3, -0.25) is 0 Å². The molecule has 1 aromatic rings. The molecule has 0 fully saturated rings. The van der Waals surface area contributed by atoms with E-state index < -0.39 is 0 Å². The Morgan fingerprint density at radius 2 is 1.80 bits per heavy atom. The molecule has 0 spiro atoms. The normalized spacial score (nSPS) is 9.87. The Morgan fingerprint density at radius 1 is 1.07 bits per heavy atom. The van der Waals surface area contributed by atoms with Crippen LogP contribution in [0.1, 0.15) is 0 Å². The van der Waals surface area contributed by atoms with Gasteiger partial charge in [0.2, 0.25) is 5.75 Å². The fourth-order valence-electron chi connectivity index (χ4n) is 1.13. The number of ether oxygens (including phenoxy) is 4. The zero-order chi connectivity index (χ0) is 11.3. The van der Waals surface area contributed by atoms with Crippen LogP contribution in [0.15, 0.2) is 12.1 Å². The summed E-state index contributed by atoms with van der Waals surface area (Å²) in [4.78, 5) is 0. The predicted octanol–water partition coefficient (Wildman–Crippen LogP) is 2.29. The van der Waals surface area contributed by atoms with Gasteiger partial charge >= 0.3 is 0 Å². The summed E-state index contributed by atoms with van der Waals surface area (Å²) in [5.74, 6) is 1.87. The molecular weight excluding hydrogens is 311 g/mol. The van der Waals surface area contributed by atoms with E-state index in [0.29, 0.717) is 17.2 Å². The molecule has 5 heteroatoms. The Balaban J connectivity index is 3.07. The zero-order valence-electron chi connectivity index (χ0n) is 8.87. The molecule has 0 aliphatic carbocycles. The molecule has 1 rings (SSSR count). The van der Waals surface area contributed by atoms with Gasteiger partial charge in [0.25, 0.3) is 0 Å². The van der Waals surface area contributed by atoms with Crippen molar-refractivity contribution >= 4 is 22.6 Å². The highest BCUT2D eigenvalue weighted by Crippen LogP contribution is 2.40. The summed E-state index contributed by atoms with van der Waals surface area (Å²) in [6, 6.07) is 3.73. The molecule has 0 aliphatic heterocycles. The third-order valence-electron chi connectivity index (χ3n) is 1.77. The minimum atomic E-state index is 0.180. The van der Waals surface area contributed by atoms with E-state index in [-0.39, 0.29) is 6.79 Å². The second-order valence-electron chi connectivity index (χ2n) is 2.66. The standard InChI is InChI=1S/C10H13IO4/c1-12-6-15-9-7(11)4-5-8(13-2)10(9)14-3/h4-5H,6H2,1-3H3. The maximum absolute atomic E-state index is 5.42. The quantitative estimate of drug-likeness (QED) is 0.615. The van der Waals surface area contributed by atoms with Crippen LogP contribution in [0, 0.1) is 3.57 Å². The summed E-state index contributed by atoms with van der Waals surface area (Å²) in [6.45, 7) is 0.180. The number of halogens is 1. The van der Waals surface area contributed by atoms with Crippen LogP contribution in [0.3, 0.4) is 0 Å². The second-order valence-corrected chi connectivity index (χ2v) is 3.83. The van der Waals surface area contributed by atoms with Gasteiger partial charge in [-0.2, -0.15) is 0 Å². The van der Waals surface area contributed by atoms with Crippen LogP contribution in [0.2, 0.25) is 0 Å². The molecular formula is C10H13IO4. The molecule has 0 N–H and O–H groups in total. The van der Waals surface area contributed by atoms with Crippen LogP contribution in [-0.2, 0) is 4.74 Å². The molecule has 0 bridgehead atoms. The molecule has 84 valence electrons. The van der Waals surface area contributed by atoms with Crippen molar-refractivity contribution < 1.29 is 18.9 Å². The summed E-state index contributed by atoms with van der Waals surface area (Å²) in [5.41, 5.74) is 0. The molecule has 0 amide bonds. The van der Waals surface area contributed by atoms with Crippen LogP contribution >= 0.6 is 22.6 Å². The Labute approximate surface area is 103 Å². The first-order valence-corrected chi connectivity index (χ1v) is 5.34. The van der Waals surface area contributed by atoms with Gasteiger partial charge in [-0.25, -0.2) is 0 Å². The van der Waals surface area contributed by atoms with E-state index in [9.17, 15) is 0 Å². The van der Waals surface area contributed by atoms with Crippen molar-refractivity contribution in [2.45, 2.75) is 0 Å². The monoisotopic (exact) mass is 324 g/mol. The molecule has 1 aromatic carbocycles. The minimum Gasteiger partial charge on any atom is -0.493 e. The van der Waals surface area contributed by atoms with Crippen molar-refractivity contribution in [3.8, 4) is 17.2 Å². The number of benzene rings is 1. The van der Waals surface area contributed by atoms with Crippen LogP contribution in [0.5, 0.6) is 17.2 Å². The van der Waals surface area contributed by atoms with Crippen molar-refractivity contribution in [3.05, 3.63) is 15.7 Å². The Bertz CT molecular complexity index is 327. The van der Waals surface area contributed by atoms with E-state index in [1.54, 1.807) is 21.3 Å². The summed E-state index contributed by atoms with van der Waals surface area (Å²) in [7, 11) is 4.73. The number of hydrogen-bond acceptors (Lipinski definition) is 4. The first-order valence-electron chi connectivity index (χ1n) is 4.26. The molecule has 0 saturated carbocycles. The lowest BCUT2D eigenvalue weighted by molar-refractivity contribution is 0.0482. The first-order chi connectivity index (χ1) is 7.24. The fourth-order valence-corrected chi connectivity index (χ4v) is 1.71. The Morgan fingerprint density at radius 3 is 2.33 bits per heavy atom. The average Bonchev–Trinajstić information content (AvgIpc) is 2.27. The van der Waals surface area contributed by atoms with Gasteiger partial charge in [0, 0.05) is 7.11 Å². The van der Waals surface area contributed by atoms with Gasteiger partial charge in [0.15, 0.2) is 18.3 Å². The maximum atomic E-state index is 5.42. The molecule has 0 heterocycles. The maximum Gasteiger partial charge on any atom is 0.204 e. The lowest BCUT2D eigenvalue weighted by Crippen LogP contribution is -2.03. The highest BCUT2D eigenvalue weighted by molar-refractivity contribution is 14.1. The van der Waals surface area contributed by atoms with Crippen LogP contribution in [-0.4, -0.2) is 28.1 Å². The van der Waals surface area contributed by atoms with E-state index in [1.165, 1.54) is 0 Å². The highest BCUT2D eigenvalue weighted by atomic mass is 127. The Hall–Kier alpha value is -0.690. The van der Waals surface area contributed by atoms with E-state index in [1.807, 2.05) is 12.1 Å². The number of hydrogen-bond donors (Lipinski definition) is 0. The largest absolute Gasteiger partial charge is 0.493 e. The van der Waals surface area contributed by atoms with Gasteiger partial charge in [0.05, 0.1) is 17.8 Å². The average molecular weight is 324 g/mol. The van der Waals surface area contributed by atoms with Crippen molar-refractivity contribution in [1.29, 1.82) is 0 Å². The molecule has 0 atom stereocenters. The molecule has 0 radical (unpaired) electrons. The topological polar surface area (TPSA) is 36.9 Å². The Kier molecular flexibility index (Phi) is 4.97. The smallest absolute Gasteiger partial charge is 0.204 e. The van der Waals surface area contributed by atoms with Crippen LogP contribution in [0.25, 0.3) is 0 Å². The van der Waals surface area contributed by atoms with E-state index in [2.05, 4.69) is 22.6 Å². The van der Waals surface area contributed by atoms with Crippen molar-refractivity contribution in [3.63, 3.8) is 0 Å². The molecule has 0 aliphatic rings.